The molecule has 1 saturated carbocycles. The summed E-state index contributed by atoms with van der Waals surface area (Å²) >= 11 is 3.59. The number of nitrogen functional groups attached to an aromatic ring is 1. The second kappa shape index (κ2) is 4.73. The molecule has 0 saturated heterocycles. The number of hydrogen-bond acceptors (Lipinski definition) is 4. The van der Waals surface area contributed by atoms with Crippen molar-refractivity contribution in [2.24, 2.45) is 0 Å². The van der Waals surface area contributed by atoms with Gasteiger partial charge in [0.25, 0.3) is 0 Å². The van der Waals surface area contributed by atoms with Crippen molar-refractivity contribution in [1.82, 2.24) is 14.9 Å². The van der Waals surface area contributed by atoms with E-state index in [2.05, 4.69) is 26.2 Å². The van der Waals surface area contributed by atoms with Crippen molar-refractivity contribution in [1.29, 1.82) is 0 Å². The molecule has 21 heavy (non-hydrogen) atoms. The van der Waals surface area contributed by atoms with Crippen LogP contribution in [0.2, 0.25) is 0 Å². The van der Waals surface area contributed by atoms with Crippen LogP contribution in [0.15, 0.2) is 45.5 Å². The van der Waals surface area contributed by atoms with Gasteiger partial charge in [-0.2, -0.15) is 5.10 Å². The second-order valence-electron chi connectivity index (χ2n) is 5.23. The van der Waals surface area contributed by atoms with Gasteiger partial charge >= 0.3 is 0 Å². The summed E-state index contributed by atoms with van der Waals surface area (Å²) in [5, 5.41) is 8.39. The Kier molecular flexibility index (Phi) is 2.85. The van der Waals surface area contributed by atoms with Crippen molar-refractivity contribution < 1.29 is 4.52 Å². The van der Waals surface area contributed by atoms with Crippen molar-refractivity contribution in [3.8, 4) is 16.9 Å². The Morgan fingerprint density at radius 1 is 1.24 bits per heavy atom. The number of benzene rings is 1. The number of nitrogens with two attached hydrogens (primary N) is 1. The molecule has 0 spiro atoms. The third kappa shape index (κ3) is 2.25. The van der Waals surface area contributed by atoms with Crippen LogP contribution in [-0.2, 0) is 0 Å². The van der Waals surface area contributed by atoms with E-state index in [0.29, 0.717) is 11.8 Å². The Labute approximate surface area is 129 Å². The Bertz CT molecular complexity index is 786. The van der Waals surface area contributed by atoms with Crippen LogP contribution < -0.4 is 5.73 Å². The molecule has 0 amide bonds. The number of anilines is 1. The smallest absolute Gasteiger partial charge is 0.222 e. The average Bonchev–Trinajstić information content (AvgIpc) is 3.12. The summed E-state index contributed by atoms with van der Waals surface area (Å²) in [5.41, 5.74) is 9.56. The first-order chi connectivity index (χ1) is 10.2. The number of nitrogens with zero attached hydrogens (tertiary/aromatic N) is 3. The summed E-state index contributed by atoms with van der Waals surface area (Å²) in [6.07, 6.45) is 4.33. The normalized spacial score (nSPS) is 14.5. The molecule has 2 N–H and O–H groups in total. The molecule has 106 valence electrons. The highest BCUT2D eigenvalue weighted by atomic mass is 79.9. The first-order valence-electron chi connectivity index (χ1n) is 6.79. The highest BCUT2D eigenvalue weighted by molar-refractivity contribution is 9.10. The average molecular weight is 345 g/mol. The van der Waals surface area contributed by atoms with Gasteiger partial charge in [-0.05, 0) is 40.9 Å². The molecule has 2 heterocycles. The van der Waals surface area contributed by atoms with E-state index in [1.165, 1.54) is 18.5 Å². The van der Waals surface area contributed by atoms with E-state index in [1.807, 2.05) is 35.1 Å². The lowest BCUT2D eigenvalue weighted by atomic mass is 10.1. The molecule has 3 aromatic rings. The molecule has 0 aliphatic heterocycles. The largest absolute Gasteiger partial charge is 0.368 e. The molecule has 5 nitrogen and oxygen atoms in total. The van der Waals surface area contributed by atoms with Crippen molar-refractivity contribution in [2.75, 3.05) is 5.73 Å². The van der Waals surface area contributed by atoms with E-state index in [0.717, 1.165) is 21.4 Å². The number of rotatable bonds is 3. The molecule has 2 aromatic heterocycles. The molecule has 6 heteroatoms. The summed E-state index contributed by atoms with van der Waals surface area (Å²) in [6.45, 7) is 0. The van der Waals surface area contributed by atoms with Crippen molar-refractivity contribution >= 4 is 21.8 Å². The van der Waals surface area contributed by atoms with Gasteiger partial charge in [0.1, 0.15) is 5.69 Å². The third-order valence-corrected chi connectivity index (χ3v) is 4.27. The molecule has 4 rings (SSSR count). The predicted molar refractivity (Wildman–Crippen MR) is 83.1 cm³/mol. The Hall–Kier alpha value is -2.08. The van der Waals surface area contributed by atoms with Crippen LogP contribution in [0.5, 0.6) is 0 Å². The highest BCUT2D eigenvalue weighted by Crippen LogP contribution is 2.44. The van der Waals surface area contributed by atoms with Crippen molar-refractivity contribution in [3.63, 3.8) is 0 Å². The van der Waals surface area contributed by atoms with Crippen LogP contribution in [0.1, 0.15) is 24.5 Å². The van der Waals surface area contributed by atoms with Gasteiger partial charge in [0.05, 0.1) is 22.1 Å². The summed E-state index contributed by atoms with van der Waals surface area (Å²) in [5.74, 6) is 0.943. The number of hydrogen-bond donors (Lipinski definition) is 1. The van der Waals surface area contributed by atoms with Crippen molar-refractivity contribution in [3.05, 3.63) is 46.7 Å². The number of aromatic nitrogens is 3. The van der Waals surface area contributed by atoms with Gasteiger partial charge in [0.2, 0.25) is 5.88 Å². The van der Waals surface area contributed by atoms with Crippen LogP contribution in [0.4, 0.5) is 5.88 Å². The Morgan fingerprint density at radius 2 is 2.00 bits per heavy atom. The molecular formula is C15H13BrN4O. The third-order valence-electron chi connectivity index (χ3n) is 3.66. The lowest BCUT2D eigenvalue weighted by molar-refractivity contribution is 0.439. The fourth-order valence-corrected chi connectivity index (χ4v) is 3.05. The zero-order valence-electron chi connectivity index (χ0n) is 11.2. The lowest BCUT2D eigenvalue weighted by Gasteiger charge is -2.07. The quantitative estimate of drug-likeness (QED) is 0.785. The van der Waals surface area contributed by atoms with Gasteiger partial charge in [-0.25, -0.2) is 4.68 Å². The molecule has 0 atom stereocenters. The van der Waals surface area contributed by atoms with Gasteiger partial charge in [0.15, 0.2) is 0 Å². The molecular weight excluding hydrogens is 332 g/mol. The summed E-state index contributed by atoms with van der Waals surface area (Å²) < 4.78 is 7.98. The molecule has 1 fully saturated rings. The minimum absolute atomic E-state index is 0.320. The molecule has 0 unspecified atom stereocenters. The van der Waals surface area contributed by atoms with E-state index in [1.54, 1.807) is 6.07 Å². The summed E-state index contributed by atoms with van der Waals surface area (Å²) in [4.78, 5) is 0. The fourth-order valence-electron chi connectivity index (χ4n) is 2.47. The summed E-state index contributed by atoms with van der Waals surface area (Å²) in [6, 6.07) is 9.78. The SMILES string of the molecule is Nc1cc(-c2ccc(-n3ncc(Br)c3C3CC3)cc2)no1. The van der Waals surface area contributed by atoms with Gasteiger partial charge in [-0.15, -0.1) is 0 Å². The monoisotopic (exact) mass is 344 g/mol. The van der Waals surface area contributed by atoms with E-state index >= 15 is 0 Å². The zero-order chi connectivity index (χ0) is 14.4. The fraction of sp³-hybridized carbons (Fsp3) is 0.200. The Morgan fingerprint density at radius 3 is 2.62 bits per heavy atom. The number of halogens is 1. The molecule has 1 aromatic carbocycles. The maximum atomic E-state index is 5.55. The van der Waals surface area contributed by atoms with Crippen LogP contribution in [0.25, 0.3) is 16.9 Å². The first-order valence-corrected chi connectivity index (χ1v) is 7.58. The maximum Gasteiger partial charge on any atom is 0.222 e. The van der Waals surface area contributed by atoms with E-state index < -0.39 is 0 Å². The highest BCUT2D eigenvalue weighted by Gasteiger charge is 2.30. The molecule has 1 aliphatic rings. The van der Waals surface area contributed by atoms with E-state index in [9.17, 15) is 0 Å². The lowest BCUT2D eigenvalue weighted by Crippen LogP contribution is -2.01. The summed E-state index contributed by atoms with van der Waals surface area (Å²) in [7, 11) is 0. The molecule has 0 radical (unpaired) electrons. The van der Waals surface area contributed by atoms with Crippen LogP contribution in [-0.4, -0.2) is 14.9 Å². The standard InChI is InChI=1S/C15H13BrN4O/c16-12-8-18-20(15(12)10-1-2-10)11-5-3-9(4-6-11)13-7-14(17)21-19-13/h3-8,10H,1-2,17H2. The van der Waals surface area contributed by atoms with E-state index in [4.69, 9.17) is 10.3 Å². The topological polar surface area (TPSA) is 69.9 Å². The Balaban J connectivity index is 1.71. The van der Waals surface area contributed by atoms with Gasteiger partial charge in [-0.3, -0.25) is 0 Å². The van der Waals surface area contributed by atoms with E-state index in [-0.39, 0.29) is 0 Å². The minimum Gasteiger partial charge on any atom is -0.368 e. The predicted octanol–water partition coefficient (Wildman–Crippen LogP) is 3.75. The van der Waals surface area contributed by atoms with Crippen LogP contribution in [0.3, 0.4) is 0 Å². The first kappa shape index (κ1) is 12.6. The second-order valence-corrected chi connectivity index (χ2v) is 6.08. The van der Waals surface area contributed by atoms with Crippen LogP contribution in [0, 0.1) is 0 Å². The molecule has 1 aliphatic carbocycles. The minimum atomic E-state index is 0.320. The van der Waals surface area contributed by atoms with Gasteiger partial charge < -0.3 is 10.3 Å². The molecule has 0 bridgehead atoms. The van der Waals surface area contributed by atoms with Gasteiger partial charge in [0, 0.05) is 17.5 Å². The van der Waals surface area contributed by atoms with Crippen LogP contribution >= 0.6 is 15.9 Å². The maximum absolute atomic E-state index is 5.55. The van der Waals surface area contributed by atoms with Crippen molar-refractivity contribution in [2.45, 2.75) is 18.8 Å². The zero-order valence-corrected chi connectivity index (χ0v) is 12.7. The van der Waals surface area contributed by atoms with Gasteiger partial charge in [-0.1, -0.05) is 17.3 Å².